The van der Waals surface area contributed by atoms with Crippen molar-refractivity contribution < 1.29 is 13.5 Å². The molecule has 2 aromatic rings. The summed E-state index contributed by atoms with van der Waals surface area (Å²) in [6.07, 6.45) is 3.41. The zero-order chi connectivity index (χ0) is 15.2. The van der Waals surface area contributed by atoms with E-state index in [4.69, 9.17) is 11.6 Å². The summed E-state index contributed by atoms with van der Waals surface area (Å²) in [5.74, 6) is 0.129. The van der Waals surface area contributed by atoms with Crippen LogP contribution in [0.5, 0.6) is 5.75 Å². The molecule has 2 rings (SSSR count). The van der Waals surface area contributed by atoms with E-state index >= 15 is 0 Å². The summed E-state index contributed by atoms with van der Waals surface area (Å²) in [5.41, 5.74) is 1.65. The Bertz CT molecular complexity index is 581. The summed E-state index contributed by atoms with van der Waals surface area (Å²) in [5, 5.41) is 3.72. The van der Waals surface area contributed by atoms with Crippen molar-refractivity contribution in [2.75, 3.05) is 0 Å². The van der Waals surface area contributed by atoms with E-state index in [2.05, 4.69) is 15.0 Å². The molecule has 1 unspecified atom stereocenters. The van der Waals surface area contributed by atoms with E-state index in [0.29, 0.717) is 17.1 Å². The molecule has 1 aromatic carbocycles. The lowest BCUT2D eigenvalue weighted by Gasteiger charge is -2.16. The Kier molecular flexibility index (Phi) is 5.47. The molecule has 21 heavy (non-hydrogen) atoms. The van der Waals surface area contributed by atoms with Crippen LogP contribution in [0.1, 0.15) is 24.1 Å². The van der Waals surface area contributed by atoms with Gasteiger partial charge in [-0.15, -0.1) is 0 Å². The predicted molar refractivity (Wildman–Crippen MR) is 77.6 cm³/mol. The fraction of sp³-hybridized carbons (Fsp3) is 0.267. The minimum atomic E-state index is -2.86. The lowest BCUT2D eigenvalue weighted by Crippen LogP contribution is -2.19. The Morgan fingerprint density at radius 3 is 2.62 bits per heavy atom. The van der Waals surface area contributed by atoms with Crippen LogP contribution in [0.2, 0.25) is 5.02 Å². The third-order valence-electron chi connectivity index (χ3n) is 3.04. The monoisotopic (exact) mass is 312 g/mol. The fourth-order valence-electron chi connectivity index (χ4n) is 1.93. The van der Waals surface area contributed by atoms with Crippen LogP contribution in [-0.4, -0.2) is 11.6 Å². The molecule has 0 aliphatic rings. The maximum atomic E-state index is 12.4. The summed E-state index contributed by atoms with van der Waals surface area (Å²) in [6.45, 7) is -0.512. The van der Waals surface area contributed by atoms with E-state index in [1.165, 1.54) is 12.1 Å². The van der Waals surface area contributed by atoms with Gasteiger partial charge in [-0.05, 0) is 42.8 Å². The van der Waals surface area contributed by atoms with Gasteiger partial charge in [0.2, 0.25) is 0 Å². The number of aromatic nitrogens is 1. The van der Waals surface area contributed by atoms with Gasteiger partial charge >= 0.3 is 6.61 Å². The molecule has 0 spiro atoms. The summed E-state index contributed by atoms with van der Waals surface area (Å²) >= 11 is 5.91. The van der Waals surface area contributed by atoms with Gasteiger partial charge in [-0.25, -0.2) is 0 Å². The summed E-state index contributed by atoms with van der Waals surface area (Å²) in [7, 11) is 0. The first-order chi connectivity index (χ1) is 10.1. The molecule has 0 radical (unpaired) electrons. The molecule has 112 valence electrons. The van der Waals surface area contributed by atoms with E-state index in [9.17, 15) is 8.78 Å². The van der Waals surface area contributed by atoms with Gasteiger partial charge in [-0.1, -0.05) is 11.6 Å². The van der Waals surface area contributed by atoms with Crippen LogP contribution < -0.4 is 10.1 Å². The second kappa shape index (κ2) is 7.33. The van der Waals surface area contributed by atoms with Crippen LogP contribution in [0, 0.1) is 0 Å². The highest BCUT2D eigenvalue weighted by molar-refractivity contribution is 6.30. The molecule has 0 bridgehead atoms. The van der Waals surface area contributed by atoms with Crippen molar-refractivity contribution >= 4 is 11.6 Å². The molecular formula is C15H15ClF2N2O. The van der Waals surface area contributed by atoms with Gasteiger partial charge in [0.05, 0.1) is 0 Å². The molecule has 3 nitrogen and oxygen atoms in total. The van der Waals surface area contributed by atoms with Crippen molar-refractivity contribution in [1.29, 1.82) is 0 Å². The van der Waals surface area contributed by atoms with Crippen molar-refractivity contribution in [2.24, 2.45) is 0 Å². The number of hydrogen-bond acceptors (Lipinski definition) is 3. The molecule has 1 aromatic heterocycles. The smallest absolute Gasteiger partial charge is 0.387 e. The van der Waals surface area contributed by atoms with Crippen molar-refractivity contribution in [3.8, 4) is 5.75 Å². The molecule has 1 atom stereocenters. The Morgan fingerprint density at radius 1 is 1.24 bits per heavy atom. The van der Waals surface area contributed by atoms with E-state index in [1.54, 1.807) is 18.5 Å². The van der Waals surface area contributed by atoms with Crippen LogP contribution in [0.4, 0.5) is 8.78 Å². The molecule has 1 N–H and O–H groups in total. The molecule has 6 heteroatoms. The van der Waals surface area contributed by atoms with Gasteiger partial charge in [0, 0.05) is 35.6 Å². The third-order valence-corrected chi connectivity index (χ3v) is 3.28. The summed E-state index contributed by atoms with van der Waals surface area (Å²) in [6, 6.07) is 8.42. The quantitative estimate of drug-likeness (QED) is 0.868. The second-order valence-corrected chi connectivity index (χ2v) is 4.95. The average molecular weight is 313 g/mol. The number of ether oxygens (including phenoxy) is 1. The molecule has 0 aliphatic heterocycles. The summed E-state index contributed by atoms with van der Waals surface area (Å²) in [4.78, 5) is 3.96. The number of benzene rings is 1. The molecule has 0 amide bonds. The molecule has 0 saturated heterocycles. The molecule has 0 fully saturated rings. The first-order valence-corrected chi connectivity index (χ1v) is 6.80. The fourth-order valence-corrected chi connectivity index (χ4v) is 2.12. The predicted octanol–water partition coefficient (Wildman–Crippen LogP) is 4.19. The van der Waals surface area contributed by atoms with E-state index in [1.807, 2.05) is 19.1 Å². The zero-order valence-corrected chi connectivity index (χ0v) is 12.1. The van der Waals surface area contributed by atoms with E-state index in [0.717, 1.165) is 5.56 Å². The number of rotatable bonds is 6. The highest BCUT2D eigenvalue weighted by Gasteiger charge is 2.12. The van der Waals surface area contributed by atoms with Crippen molar-refractivity contribution in [2.45, 2.75) is 26.1 Å². The molecule has 1 heterocycles. The zero-order valence-electron chi connectivity index (χ0n) is 11.4. The van der Waals surface area contributed by atoms with Crippen molar-refractivity contribution in [3.05, 3.63) is 58.9 Å². The number of nitrogens with zero attached hydrogens (tertiary/aromatic N) is 1. The van der Waals surface area contributed by atoms with Gasteiger partial charge in [-0.3, -0.25) is 4.98 Å². The van der Waals surface area contributed by atoms with Gasteiger partial charge < -0.3 is 10.1 Å². The van der Waals surface area contributed by atoms with Crippen LogP contribution in [0.3, 0.4) is 0 Å². The van der Waals surface area contributed by atoms with Crippen LogP contribution in [-0.2, 0) is 6.54 Å². The minimum absolute atomic E-state index is 0.0476. The van der Waals surface area contributed by atoms with Crippen LogP contribution >= 0.6 is 11.6 Å². The number of pyridine rings is 1. The minimum Gasteiger partial charge on any atom is -0.434 e. The molecular weight excluding hydrogens is 298 g/mol. The maximum Gasteiger partial charge on any atom is 0.387 e. The Balaban J connectivity index is 2.07. The topological polar surface area (TPSA) is 34.1 Å². The van der Waals surface area contributed by atoms with Crippen LogP contribution in [0.15, 0.2) is 42.7 Å². The summed E-state index contributed by atoms with van der Waals surface area (Å²) < 4.78 is 29.3. The standard InChI is InChI=1S/C15H15ClF2N2O/c1-10(11-4-6-19-7-5-11)20-9-12-8-13(16)2-3-14(12)21-15(17)18/h2-8,10,15,20H,9H2,1H3. The number of alkyl halides is 2. The highest BCUT2D eigenvalue weighted by atomic mass is 35.5. The van der Waals surface area contributed by atoms with Crippen molar-refractivity contribution in [1.82, 2.24) is 10.3 Å². The van der Waals surface area contributed by atoms with E-state index < -0.39 is 6.61 Å². The van der Waals surface area contributed by atoms with Crippen LogP contribution in [0.25, 0.3) is 0 Å². The number of hydrogen-bond donors (Lipinski definition) is 1. The van der Waals surface area contributed by atoms with Gasteiger partial charge in [-0.2, -0.15) is 8.78 Å². The second-order valence-electron chi connectivity index (χ2n) is 4.51. The first kappa shape index (κ1) is 15.7. The molecule has 0 saturated carbocycles. The van der Waals surface area contributed by atoms with E-state index in [-0.39, 0.29) is 11.8 Å². The average Bonchev–Trinajstić information content (AvgIpc) is 2.47. The Labute approximate surface area is 126 Å². The normalized spacial score (nSPS) is 12.4. The van der Waals surface area contributed by atoms with Gasteiger partial charge in [0.1, 0.15) is 5.75 Å². The highest BCUT2D eigenvalue weighted by Crippen LogP contribution is 2.25. The van der Waals surface area contributed by atoms with Gasteiger partial charge in [0.25, 0.3) is 0 Å². The first-order valence-electron chi connectivity index (χ1n) is 6.43. The number of nitrogens with one attached hydrogen (secondary N) is 1. The maximum absolute atomic E-state index is 12.4. The van der Waals surface area contributed by atoms with Crippen molar-refractivity contribution in [3.63, 3.8) is 0 Å². The molecule has 0 aliphatic carbocycles. The lowest BCUT2D eigenvalue weighted by atomic mass is 10.1. The Morgan fingerprint density at radius 2 is 1.95 bits per heavy atom. The third kappa shape index (κ3) is 4.65. The van der Waals surface area contributed by atoms with Gasteiger partial charge in [0.15, 0.2) is 0 Å². The SMILES string of the molecule is CC(NCc1cc(Cl)ccc1OC(F)F)c1ccncc1. The Hall–Kier alpha value is -1.72. The largest absolute Gasteiger partial charge is 0.434 e. The lowest BCUT2D eigenvalue weighted by molar-refractivity contribution is -0.0505. The number of halogens is 3.